The minimum atomic E-state index is -1.02. The highest BCUT2D eigenvalue weighted by molar-refractivity contribution is 5.82. The highest BCUT2D eigenvalue weighted by atomic mass is 16.5. The standard InChI is InChI=1S/C14H28N2O5/c1-10(2)8-12(13(17)18)15-14(19)16(6-7-20-4)11(3)9-21-5/h10-12H,6-9H2,1-5H3,(H,15,19)(H,17,18)/t11?,12-/m0/s1. The molecule has 7 heteroatoms. The summed E-state index contributed by atoms with van der Waals surface area (Å²) in [5.74, 6) is -0.849. The number of rotatable bonds is 10. The number of carbonyl (C=O) groups is 2. The van der Waals surface area contributed by atoms with Crippen molar-refractivity contribution in [2.75, 3.05) is 34.0 Å². The first-order valence-corrected chi connectivity index (χ1v) is 7.11. The zero-order valence-electron chi connectivity index (χ0n) is 13.6. The monoisotopic (exact) mass is 304 g/mol. The molecular formula is C14H28N2O5. The smallest absolute Gasteiger partial charge is 0.326 e. The molecule has 0 aromatic heterocycles. The molecule has 0 aromatic rings. The second-order valence-corrected chi connectivity index (χ2v) is 5.46. The van der Waals surface area contributed by atoms with Gasteiger partial charge in [0.05, 0.1) is 19.3 Å². The van der Waals surface area contributed by atoms with Gasteiger partial charge in [-0.3, -0.25) is 0 Å². The number of urea groups is 1. The molecule has 7 nitrogen and oxygen atoms in total. The number of carboxylic acid groups (broad SMARTS) is 1. The van der Waals surface area contributed by atoms with Gasteiger partial charge in [-0.1, -0.05) is 13.8 Å². The summed E-state index contributed by atoms with van der Waals surface area (Å²) in [6.07, 6.45) is 0.387. The number of hydrogen-bond acceptors (Lipinski definition) is 4. The predicted octanol–water partition coefficient (Wildman–Crippen LogP) is 1.18. The van der Waals surface area contributed by atoms with E-state index < -0.39 is 18.0 Å². The van der Waals surface area contributed by atoms with Gasteiger partial charge >= 0.3 is 12.0 Å². The number of hydrogen-bond donors (Lipinski definition) is 2. The van der Waals surface area contributed by atoms with Crippen LogP contribution in [0.4, 0.5) is 4.79 Å². The average Bonchev–Trinajstić information content (AvgIpc) is 2.38. The highest BCUT2D eigenvalue weighted by Gasteiger charge is 2.26. The fourth-order valence-electron chi connectivity index (χ4n) is 1.97. The van der Waals surface area contributed by atoms with Gasteiger partial charge in [-0.2, -0.15) is 0 Å². The molecule has 0 fully saturated rings. The first-order valence-electron chi connectivity index (χ1n) is 7.11. The molecule has 0 heterocycles. The summed E-state index contributed by atoms with van der Waals surface area (Å²) < 4.78 is 10.0. The number of aliphatic carboxylic acids is 1. The third kappa shape index (κ3) is 7.87. The zero-order valence-corrected chi connectivity index (χ0v) is 13.6. The second-order valence-electron chi connectivity index (χ2n) is 5.46. The maximum atomic E-state index is 12.3. The van der Waals surface area contributed by atoms with Crippen LogP contribution in [0.15, 0.2) is 0 Å². The van der Waals surface area contributed by atoms with E-state index >= 15 is 0 Å². The maximum Gasteiger partial charge on any atom is 0.326 e. The molecule has 0 saturated heterocycles. The van der Waals surface area contributed by atoms with Crippen molar-refractivity contribution in [1.82, 2.24) is 10.2 Å². The zero-order chi connectivity index (χ0) is 16.4. The Hall–Kier alpha value is -1.34. The van der Waals surface area contributed by atoms with Gasteiger partial charge in [0, 0.05) is 20.8 Å². The molecule has 0 aliphatic heterocycles. The molecule has 0 aliphatic carbocycles. The van der Waals surface area contributed by atoms with Gasteiger partial charge in [0.2, 0.25) is 0 Å². The van der Waals surface area contributed by atoms with Crippen molar-refractivity contribution in [2.45, 2.75) is 39.3 Å². The SMILES string of the molecule is COCCN(C(=O)N[C@@H](CC(C)C)C(=O)O)C(C)COC. The Labute approximate surface area is 126 Å². The molecular weight excluding hydrogens is 276 g/mol. The lowest BCUT2D eigenvalue weighted by Crippen LogP contribution is -2.52. The van der Waals surface area contributed by atoms with Crippen molar-refractivity contribution in [3.63, 3.8) is 0 Å². The molecule has 0 rings (SSSR count). The van der Waals surface area contributed by atoms with Crippen LogP contribution >= 0.6 is 0 Å². The quantitative estimate of drug-likeness (QED) is 0.633. The van der Waals surface area contributed by atoms with Gasteiger partial charge in [0.15, 0.2) is 0 Å². The minimum Gasteiger partial charge on any atom is -0.480 e. The summed E-state index contributed by atoms with van der Waals surface area (Å²) in [5.41, 5.74) is 0. The molecule has 0 bridgehead atoms. The molecule has 21 heavy (non-hydrogen) atoms. The summed E-state index contributed by atoms with van der Waals surface area (Å²) in [5, 5.41) is 11.8. The Morgan fingerprint density at radius 1 is 1.19 bits per heavy atom. The summed E-state index contributed by atoms with van der Waals surface area (Å²) in [4.78, 5) is 25.1. The number of methoxy groups -OCH3 is 2. The van der Waals surface area contributed by atoms with E-state index in [4.69, 9.17) is 9.47 Å². The number of amides is 2. The van der Waals surface area contributed by atoms with Crippen molar-refractivity contribution in [3.8, 4) is 0 Å². The summed E-state index contributed by atoms with van der Waals surface area (Å²) in [7, 11) is 3.11. The third-order valence-electron chi connectivity index (χ3n) is 3.04. The van der Waals surface area contributed by atoms with Crippen LogP contribution in [0.3, 0.4) is 0 Å². The Balaban J connectivity index is 4.79. The largest absolute Gasteiger partial charge is 0.480 e. The molecule has 0 radical (unpaired) electrons. The summed E-state index contributed by atoms with van der Waals surface area (Å²) >= 11 is 0. The molecule has 2 atom stereocenters. The van der Waals surface area contributed by atoms with E-state index in [0.29, 0.717) is 26.2 Å². The molecule has 0 aliphatic rings. The fraction of sp³-hybridized carbons (Fsp3) is 0.857. The number of carbonyl (C=O) groups excluding carboxylic acids is 1. The lowest BCUT2D eigenvalue weighted by atomic mass is 10.0. The van der Waals surface area contributed by atoms with Crippen molar-refractivity contribution in [2.24, 2.45) is 5.92 Å². The lowest BCUT2D eigenvalue weighted by Gasteiger charge is -2.30. The van der Waals surface area contributed by atoms with Crippen LogP contribution in [0.1, 0.15) is 27.2 Å². The maximum absolute atomic E-state index is 12.3. The van der Waals surface area contributed by atoms with Crippen molar-refractivity contribution >= 4 is 12.0 Å². The van der Waals surface area contributed by atoms with Gasteiger partial charge in [0.25, 0.3) is 0 Å². The van der Waals surface area contributed by atoms with Crippen molar-refractivity contribution in [1.29, 1.82) is 0 Å². The fourth-order valence-corrected chi connectivity index (χ4v) is 1.97. The van der Waals surface area contributed by atoms with Crippen molar-refractivity contribution < 1.29 is 24.2 Å². The first kappa shape index (κ1) is 19.7. The predicted molar refractivity (Wildman–Crippen MR) is 79.3 cm³/mol. The number of nitrogens with one attached hydrogen (secondary N) is 1. The Morgan fingerprint density at radius 3 is 2.24 bits per heavy atom. The normalized spacial score (nSPS) is 13.8. The van der Waals surface area contributed by atoms with Crippen LogP contribution < -0.4 is 5.32 Å². The third-order valence-corrected chi connectivity index (χ3v) is 3.04. The highest BCUT2D eigenvalue weighted by Crippen LogP contribution is 2.07. The van der Waals surface area contributed by atoms with Crippen LogP contribution in [0.2, 0.25) is 0 Å². The van der Waals surface area contributed by atoms with Gasteiger partial charge in [-0.25, -0.2) is 9.59 Å². The van der Waals surface area contributed by atoms with E-state index in [9.17, 15) is 14.7 Å². The van der Waals surface area contributed by atoms with Crippen LogP contribution in [0, 0.1) is 5.92 Å². The molecule has 0 saturated carbocycles. The van der Waals surface area contributed by atoms with Crippen LogP contribution in [0.25, 0.3) is 0 Å². The molecule has 0 aromatic carbocycles. The molecule has 2 N–H and O–H groups in total. The van der Waals surface area contributed by atoms with E-state index in [1.165, 1.54) is 4.90 Å². The second kappa shape index (κ2) is 10.4. The Kier molecular flexibility index (Phi) is 9.73. The number of ether oxygens (including phenoxy) is 2. The molecule has 2 amide bonds. The topological polar surface area (TPSA) is 88.1 Å². The van der Waals surface area contributed by atoms with Crippen LogP contribution in [-0.4, -0.2) is 68.1 Å². The summed E-state index contributed by atoms with van der Waals surface area (Å²) in [6.45, 7) is 6.80. The van der Waals surface area contributed by atoms with Gasteiger partial charge in [0.1, 0.15) is 6.04 Å². The van der Waals surface area contributed by atoms with E-state index in [0.717, 1.165) is 0 Å². The van der Waals surface area contributed by atoms with Crippen LogP contribution in [0.5, 0.6) is 0 Å². The number of nitrogens with zero attached hydrogens (tertiary/aromatic N) is 1. The lowest BCUT2D eigenvalue weighted by molar-refractivity contribution is -0.139. The van der Waals surface area contributed by atoms with E-state index in [2.05, 4.69) is 5.32 Å². The first-order chi connectivity index (χ1) is 9.83. The Bertz CT molecular complexity index is 322. The minimum absolute atomic E-state index is 0.168. The molecule has 124 valence electrons. The van der Waals surface area contributed by atoms with Gasteiger partial charge < -0.3 is 24.8 Å². The van der Waals surface area contributed by atoms with Gasteiger partial charge in [-0.15, -0.1) is 0 Å². The molecule has 1 unspecified atom stereocenters. The summed E-state index contributed by atoms with van der Waals surface area (Å²) in [6, 6.07) is -1.47. The van der Waals surface area contributed by atoms with E-state index in [-0.39, 0.29) is 12.0 Å². The molecule has 0 spiro atoms. The van der Waals surface area contributed by atoms with Crippen LogP contribution in [-0.2, 0) is 14.3 Å². The van der Waals surface area contributed by atoms with Crippen molar-refractivity contribution in [3.05, 3.63) is 0 Å². The van der Waals surface area contributed by atoms with E-state index in [1.807, 2.05) is 20.8 Å². The van der Waals surface area contributed by atoms with Gasteiger partial charge in [-0.05, 0) is 19.3 Å². The Morgan fingerprint density at radius 2 is 1.81 bits per heavy atom. The van der Waals surface area contributed by atoms with E-state index in [1.54, 1.807) is 14.2 Å². The number of carboxylic acids is 1. The average molecular weight is 304 g/mol.